The molecule has 23 heavy (non-hydrogen) atoms. The van der Waals surface area contributed by atoms with E-state index in [-0.39, 0.29) is 6.04 Å². The van der Waals surface area contributed by atoms with Crippen molar-refractivity contribution >= 4 is 15.7 Å². The van der Waals surface area contributed by atoms with Crippen LogP contribution in [0.5, 0.6) is 5.75 Å². The Morgan fingerprint density at radius 3 is 2.35 bits per heavy atom. The SMILES string of the molecule is COc1ccc(NS(C)(=O)=O)cc1-c1ccc(C2CC2N)cc1. The minimum atomic E-state index is -3.32. The zero-order valence-electron chi connectivity index (χ0n) is 13.1. The summed E-state index contributed by atoms with van der Waals surface area (Å²) >= 11 is 0. The lowest BCUT2D eigenvalue weighted by molar-refractivity contribution is 0.416. The lowest BCUT2D eigenvalue weighted by atomic mass is 10.0. The van der Waals surface area contributed by atoms with Crippen molar-refractivity contribution in [1.29, 1.82) is 0 Å². The number of anilines is 1. The molecule has 5 nitrogen and oxygen atoms in total. The van der Waals surface area contributed by atoms with Gasteiger partial charge in [-0.25, -0.2) is 8.42 Å². The number of methoxy groups -OCH3 is 1. The summed E-state index contributed by atoms with van der Waals surface area (Å²) in [5, 5.41) is 0. The first-order valence-electron chi connectivity index (χ1n) is 7.39. The molecule has 122 valence electrons. The largest absolute Gasteiger partial charge is 0.496 e. The van der Waals surface area contributed by atoms with Gasteiger partial charge in [-0.1, -0.05) is 24.3 Å². The van der Waals surface area contributed by atoms with Crippen molar-refractivity contribution in [2.75, 3.05) is 18.1 Å². The molecule has 6 heteroatoms. The highest BCUT2D eigenvalue weighted by molar-refractivity contribution is 7.92. The third-order valence-electron chi connectivity index (χ3n) is 3.99. The van der Waals surface area contributed by atoms with E-state index < -0.39 is 10.0 Å². The number of nitrogens with one attached hydrogen (secondary N) is 1. The Morgan fingerprint density at radius 2 is 1.83 bits per heavy atom. The average Bonchev–Trinajstić information content (AvgIpc) is 3.23. The summed E-state index contributed by atoms with van der Waals surface area (Å²) in [5.41, 5.74) is 9.45. The highest BCUT2D eigenvalue weighted by Gasteiger charge is 2.34. The molecule has 1 fully saturated rings. The van der Waals surface area contributed by atoms with E-state index in [1.54, 1.807) is 25.3 Å². The summed E-state index contributed by atoms with van der Waals surface area (Å²) < 4.78 is 30.7. The Labute approximate surface area is 136 Å². The minimum absolute atomic E-state index is 0.276. The molecule has 0 radical (unpaired) electrons. The topological polar surface area (TPSA) is 81.4 Å². The zero-order chi connectivity index (χ0) is 16.6. The van der Waals surface area contributed by atoms with Crippen LogP contribution in [0.1, 0.15) is 17.9 Å². The molecule has 3 rings (SSSR count). The molecule has 3 N–H and O–H groups in total. The number of sulfonamides is 1. The second kappa shape index (κ2) is 5.86. The van der Waals surface area contributed by atoms with Crippen LogP contribution in [0.15, 0.2) is 42.5 Å². The van der Waals surface area contributed by atoms with Crippen LogP contribution < -0.4 is 15.2 Å². The van der Waals surface area contributed by atoms with Crippen LogP contribution in [0.3, 0.4) is 0 Å². The smallest absolute Gasteiger partial charge is 0.229 e. The standard InChI is InChI=1S/C17H20N2O3S/c1-22-17-8-7-13(19-23(2,20)21)9-15(17)12-5-3-11(4-6-12)14-10-16(14)18/h3-9,14,16,19H,10,18H2,1-2H3. The number of nitrogens with two attached hydrogens (primary N) is 1. The molecule has 0 spiro atoms. The Balaban J connectivity index is 1.94. The molecule has 0 heterocycles. The van der Waals surface area contributed by atoms with E-state index >= 15 is 0 Å². The molecule has 0 bridgehead atoms. The van der Waals surface area contributed by atoms with Gasteiger partial charge < -0.3 is 10.5 Å². The molecule has 2 aromatic rings. The molecule has 2 atom stereocenters. The quantitative estimate of drug-likeness (QED) is 0.881. The van der Waals surface area contributed by atoms with E-state index in [1.165, 1.54) is 5.56 Å². The molecule has 2 aromatic carbocycles. The van der Waals surface area contributed by atoms with Gasteiger partial charge in [0.2, 0.25) is 10.0 Å². The third kappa shape index (κ3) is 3.65. The Morgan fingerprint density at radius 1 is 1.17 bits per heavy atom. The lowest BCUT2D eigenvalue weighted by Crippen LogP contribution is -2.09. The fraction of sp³-hybridized carbons (Fsp3) is 0.294. The molecular weight excluding hydrogens is 312 g/mol. The Kier molecular flexibility index (Phi) is 4.04. The zero-order valence-corrected chi connectivity index (χ0v) is 13.9. The van der Waals surface area contributed by atoms with Crippen molar-refractivity contribution in [2.45, 2.75) is 18.4 Å². The molecule has 0 amide bonds. The summed E-state index contributed by atoms with van der Waals surface area (Å²) in [5.74, 6) is 1.16. The highest BCUT2D eigenvalue weighted by Crippen LogP contribution is 2.40. The van der Waals surface area contributed by atoms with Crippen LogP contribution in [0.25, 0.3) is 11.1 Å². The van der Waals surface area contributed by atoms with E-state index in [0.29, 0.717) is 17.4 Å². The summed E-state index contributed by atoms with van der Waals surface area (Å²) in [7, 11) is -1.72. The summed E-state index contributed by atoms with van der Waals surface area (Å²) in [6.45, 7) is 0. The van der Waals surface area contributed by atoms with Crippen molar-refractivity contribution < 1.29 is 13.2 Å². The van der Waals surface area contributed by atoms with Gasteiger partial charge in [0.25, 0.3) is 0 Å². The highest BCUT2D eigenvalue weighted by atomic mass is 32.2. The van der Waals surface area contributed by atoms with Crippen molar-refractivity contribution in [3.8, 4) is 16.9 Å². The lowest BCUT2D eigenvalue weighted by Gasteiger charge is -2.12. The molecule has 1 aliphatic carbocycles. The molecule has 1 aliphatic rings. The fourth-order valence-electron chi connectivity index (χ4n) is 2.72. The minimum Gasteiger partial charge on any atom is -0.496 e. The van der Waals surface area contributed by atoms with Gasteiger partial charge in [-0.15, -0.1) is 0 Å². The van der Waals surface area contributed by atoms with E-state index in [4.69, 9.17) is 10.5 Å². The maximum atomic E-state index is 11.4. The van der Waals surface area contributed by atoms with Crippen LogP contribution in [0.2, 0.25) is 0 Å². The van der Waals surface area contributed by atoms with Crippen molar-refractivity contribution in [1.82, 2.24) is 0 Å². The van der Waals surface area contributed by atoms with Gasteiger partial charge in [-0.05, 0) is 35.7 Å². The number of rotatable bonds is 5. The second-order valence-electron chi connectivity index (χ2n) is 5.92. The van der Waals surface area contributed by atoms with Crippen LogP contribution in [0, 0.1) is 0 Å². The predicted octanol–water partition coefficient (Wildman–Crippen LogP) is 2.55. The van der Waals surface area contributed by atoms with E-state index in [0.717, 1.165) is 23.8 Å². The first kappa shape index (κ1) is 15.8. The van der Waals surface area contributed by atoms with Gasteiger partial charge in [0, 0.05) is 23.2 Å². The van der Waals surface area contributed by atoms with Gasteiger partial charge in [0.1, 0.15) is 5.75 Å². The number of hydrogen-bond acceptors (Lipinski definition) is 4. The molecular formula is C17H20N2O3S. The maximum absolute atomic E-state index is 11.4. The van der Waals surface area contributed by atoms with Crippen LogP contribution >= 0.6 is 0 Å². The van der Waals surface area contributed by atoms with Crippen LogP contribution in [0.4, 0.5) is 5.69 Å². The number of hydrogen-bond donors (Lipinski definition) is 2. The molecule has 0 aliphatic heterocycles. The monoisotopic (exact) mass is 332 g/mol. The summed E-state index contributed by atoms with van der Waals surface area (Å²) in [4.78, 5) is 0. The van der Waals surface area contributed by atoms with Crippen molar-refractivity contribution in [2.24, 2.45) is 5.73 Å². The van der Waals surface area contributed by atoms with Gasteiger partial charge in [-0.2, -0.15) is 0 Å². The van der Waals surface area contributed by atoms with Gasteiger partial charge >= 0.3 is 0 Å². The predicted molar refractivity (Wildman–Crippen MR) is 92.2 cm³/mol. The maximum Gasteiger partial charge on any atom is 0.229 e. The summed E-state index contributed by atoms with van der Waals surface area (Å²) in [6.07, 6.45) is 2.17. The van der Waals surface area contributed by atoms with E-state index in [2.05, 4.69) is 16.9 Å². The second-order valence-corrected chi connectivity index (χ2v) is 7.67. The van der Waals surface area contributed by atoms with E-state index in [1.807, 2.05) is 12.1 Å². The molecule has 0 aromatic heterocycles. The van der Waals surface area contributed by atoms with Gasteiger partial charge in [0.15, 0.2) is 0 Å². The number of benzene rings is 2. The van der Waals surface area contributed by atoms with Crippen molar-refractivity contribution in [3.05, 3.63) is 48.0 Å². The molecule has 1 saturated carbocycles. The third-order valence-corrected chi connectivity index (χ3v) is 4.60. The van der Waals surface area contributed by atoms with Crippen molar-refractivity contribution in [3.63, 3.8) is 0 Å². The Hall–Kier alpha value is -2.05. The first-order chi connectivity index (χ1) is 10.9. The fourth-order valence-corrected chi connectivity index (χ4v) is 3.27. The number of ether oxygens (including phenoxy) is 1. The Bertz CT molecular complexity index is 816. The molecule has 0 saturated heterocycles. The van der Waals surface area contributed by atoms with Crippen LogP contribution in [-0.2, 0) is 10.0 Å². The van der Waals surface area contributed by atoms with Crippen LogP contribution in [-0.4, -0.2) is 27.8 Å². The average molecular weight is 332 g/mol. The summed E-state index contributed by atoms with van der Waals surface area (Å²) in [6, 6.07) is 13.7. The normalized spacial score (nSPS) is 20.1. The van der Waals surface area contributed by atoms with Gasteiger partial charge in [-0.3, -0.25) is 4.72 Å². The molecule has 2 unspecified atom stereocenters. The van der Waals surface area contributed by atoms with E-state index in [9.17, 15) is 8.42 Å². The first-order valence-corrected chi connectivity index (χ1v) is 9.28. The van der Waals surface area contributed by atoms with Gasteiger partial charge in [0.05, 0.1) is 13.4 Å².